The normalized spacial score (nSPS) is 16.4. The van der Waals surface area contributed by atoms with Gasteiger partial charge in [0.2, 0.25) is 0 Å². The number of rotatable bonds is 9. The number of carbonyl (C=O) groups is 3. The van der Waals surface area contributed by atoms with Crippen LogP contribution in [0.1, 0.15) is 52.8 Å². The first-order valence-corrected chi connectivity index (χ1v) is 13.1. The maximum absolute atomic E-state index is 13.5. The molecule has 1 fully saturated rings. The van der Waals surface area contributed by atoms with Crippen LogP contribution >= 0.6 is 11.3 Å². The number of aromatic hydroxyl groups is 1. The van der Waals surface area contributed by atoms with E-state index in [-0.39, 0.29) is 39.3 Å². The molecule has 1 aliphatic rings. The van der Waals surface area contributed by atoms with Crippen molar-refractivity contribution in [2.24, 2.45) is 0 Å². The van der Waals surface area contributed by atoms with Crippen LogP contribution in [0.4, 0.5) is 5.13 Å². The van der Waals surface area contributed by atoms with Gasteiger partial charge in [-0.2, -0.15) is 0 Å². The van der Waals surface area contributed by atoms with Gasteiger partial charge >= 0.3 is 11.9 Å². The van der Waals surface area contributed by atoms with E-state index in [0.29, 0.717) is 23.6 Å². The number of hydrogen-bond donors (Lipinski definition) is 2. The number of aliphatic hydroxyl groups excluding tert-OH is 1. The molecule has 0 spiro atoms. The number of aliphatic hydroxyl groups is 1. The fraction of sp³-hybridized carbons (Fsp3) is 0.286. The highest BCUT2D eigenvalue weighted by Crippen LogP contribution is 2.45. The monoisotopic (exact) mass is 552 g/mol. The average Bonchev–Trinajstić information content (AvgIpc) is 3.44. The minimum atomic E-state index is -1.14. The summed E-state index contributed by atoms with van der Waals surface area (Å²) in [5, 5.41) is 21.8. The van der Waals surface area contributed by atoms with Crippen LogP contribution in [0, 0.1) is 6.92 Å². The van der Waals surface area contributed by atoms with E-state index in [1.54, 1.807) is 38.1 Å². The van der Waals surface area contributed by atoms with E-state index >= 15 is 0 Å². The van der Waals surface area contributed by atoms with Crippen molar-refractivity contribution < 1.29 is 38.8 Å². The molecule has 1 aromatic heterocycles. The molecule has 10 nitrogen and oxygen atoms in total. The number of carbonyl (C=O) groups excluding carboxylic acids is 3. The Morgan fingerprint density at radius 1 is 1.13 bits per heavy atom. The number of anilines is 1. The second-order valence-corrected chi connectivity index (χ2v) is 9.59. The summed E-state index contributed by atoms with van der Waals surface area (Å²) < 4.78 is 16.0. The van der Waals surface area contributed by atoms with Gasteiger partial charge in [-0.25, -0.2) is 9.78 Å². The fourth-order valence-corrected chi connectivity index (χ4v) is 5.20. The standard InChI is InChI=1S/C28H28N2O8S/c1-5-12-38-18-9-7-8-17(13-18)23(32)21-22(16-10-11-19(31)20(14-16)37-6-2)30(26(34)24(21)33)28-29-15(3)25(39-28)27(35)36-4/h7-11,13-14,22,31-32H,5-6,12H2,1-4H3/b23-21+. The zero-order valence-corrected chi connectivity index (χ0v) is 22.7. The molecule has 2 heterocycles. The number of aryl methyl sites for hydroxylation is 1. The van der Waals surface area contributed by atoms with E-state index < -0.39 is 29.5 Å². The molecule has 0 aliphatic carbocycles. The Balaban J connectivity index is 1.93. The van der Waals surface area contributed by atoms with Crippen LogP contribution in [-0.4, -0.2) is 53.2 Å². The second-order valence-electron chi connectivity index (χ2n) is 8.61. The Morgan fingerprint density at radius 3 is 2.59 bits per heavy atom. The molecule has 204 valence electrons. The maximum atomic E-state index is 13.5. The van der Waals surface area contributed by atoms with Gasteiger partial charge in [0.1, 0.15) is 16.4 Å². The van der Waals surface area contributed by atoms with Crippen molar-refractivity contribution in [2.75, 3.05) is 25.2 Å². The molecule has 0 saturated carbocycles. The van der Waals surface area contributed by atoms with Gasteiger partial charge in [0.25, 0.3) is 5.78 Å². The first-order chi connectivity index (χ1) is 18.7. The quantitative estimate of drug-likeness (QED) is 0.167. The summed E-state index contributed by atoms with van der Waals surface area (Å²) in [7, 11) is 1.23. The molecule has 1 saturated heterocycles. The minimum absolute atomic E-state index is 0.0742. The summed E-state index contributed by atoms with van der Waals surface area (Å²) in [5.74, 6) is -2.40. The molecule has 4 rings (SSSR count). The third-order valence-electron chi connectivity index (χ3n) is 5.99. The molecule has 0 radical (unpaired) electrons. The highest BCUT2D eigenvalue weighted by molar-refractivity contribution is 7.17. The predicted molar refractivity (Wildman–Crippen MR) is 144 cm³/mol. The first kappa shape index (κ1) is 27.6. The number of phenols is 1. The number of nitrogens with zero attached hydrogens (tertiary/aromatic N) is 2. The minimum Gasteiger partial charge on any atom is -0.507 e. The van der Waals surface area contributed by atoms with Crippen LogP contribution in [0.3, 0.4) is 0 Å². The molecule has 11 heteroatoms. The van der Waals surface area contributed by atoms with Gasteiger partial charge in [-0.15, -0.1) is 0 Å². The molecular formula is C28H28N2O8S. The maximum Gasteiger partial charge on any atom is 0.350 e. The Bertz CT molecular complexity index is 1460. The number of benzene rings is 2. The lowest BCUT2D eigenvalue weighted by Crippen LogP contribution is -2.29. The Hall–Kier alpha value is -4.38. The lowest BCUT2D eigenvalue weighted by molar-refractivity contribution is -0.132. The molecule has 0 bridgehead atoms. The van der Waals surface area contributed by atoms with Crippen LogP contribution in [0.5, 0.6) is 17.2 Å². The van der Waals surface area contributed by atoms with Crippen LogP contribution in [0.2, 0.25) is 0 Å². The zero-order valence-electron chi connectivity index (χ0n) is 21.9. The van der Waals surface area contributed by atoms with Gasteiger partial charge in [-0.3, -0.25) is 14.5 Å². The number of phenolic OH excluding ortho intramolecular Hbond substituents is 1. The van der Waals surface area contributed by atoms with Gasteiger partial charge in [0.05, 0.1) is 37.6 Å². The van der Waals surface area contributed by atoms with Crippen LogP contribution in [-0.2, 0) is 14.3 Å². The topological polar surface area (TPSA) is 135 Å². The molecule has 39 heavy (non-hydrogen) atoms. The summed E-state index contributed by atoms with van der Waals surface area (Å²) >= 11 is 0.895. The summed E-state index contributed by atoms with van der Waals surface area (Å²) in [5.41, 5.74) is 0.793. The van der Waals surface area contributed by atoms with E-state index in [9.17, 15) is 24.6 Å². The molecule has 1 atom stereocenters. The van der Waals surface area contributed by atoms with E-state index in [2.05, 4.69) is 4.98 Å². The summed E-state index contributed by atoms with van der Waals surface area (Å²) in [6.45, 7) is 6.03. The van der Waals surface area contributed by atoms with E-state index in [1.165, 1.54) is 25.3 Å². The number of ketones is 1. The van der Waals surface area contributed by atoms with Crippen molar-refractivity contribution in [1.29, 1.82) is 0 Å². The Kier molecular flexibility index (Phi) is 8.20. The largest absolute Gasteiger partial charge is 0.507 e. The van der Waals surface area contributed by atoms with Crippen LogP contribution in [0.25, 0.3) is 5.76 Å². The van der Waals surface area contributed by atoms with Crippen molar-refractivity contribution in [1.82, 2.24) is 4.98 Å². The SMILES string of the molecule is CCCOc1cccc(/C(O)=C2\C(=O)C(=O)N(c3nc(C)c(C(=O)OC)s3)C2c2ccc(O)c(OCC)c2)c1. The average molecular weight is 553 g/mol. The highest BCUT2D eigenvalue weighted by atomic mass is 32.1. The molecule has 2 N–H and O–H groups in total. The number of hydrogen-bond acceptors (Lipinski definition) is 10. The first-order valence-electron chi connectivity index (χ1n) is 12.3. The van der Waals surface area contributed by atoms with Crippen LogP contribution < -0.4 is 14.4 Å². The smallest absolute Gasteiger partial charge is 0.350 e. The fourth-order valence-electron chi connectivity index (χ4n) is 4.19. The molecule has 3 aromatic rings. The van der Waals surface area contributed by atoms with Gasteiger partial charge in [-0.1, -0.05) is 36.5 Å². The van der Waals surface area contributed by atoms with Gasteiger partial charge in [0.15, 0.2) is 16.6 Å². The summed E-state index contributed by atoms with van der Waals surface area (Å²) in [6, 6.07) is 9.85. The van der Waals surface area contributed by atoms with E-state index in [0.717, 1.165) is 22.7 Å². The second kappa shape index (κ2) is 11.6. The third-order valence-corrected chi connectivity index (χ3v) is 7.12. The molecular weight excluding hydrogens is 524 g/mol. The van der Waals surface area contributed by atoms with Crippen LogP contribution in [0.15, 0.2) is 48.0 Å². The van der Waals surface area contributed by atoms with Crippen molar-refractivity contribution in [2.45, 2.75) is 33.2 Å². The Labute approximate surface area is 229 Å². The predicted octanol–water partition coefficient (Wildman–Crippen LogP) is 4.76. The molecule has 1 aliphatic heterocycles. The zero-order chi connectivity index (χ0) is 28.3. The number of thiazole rings is 1. The molecule has 1 amide bonds. The lowest BCUT2D eigenvalue weighted by atomic mass is 9.95. The molecule has 1 unspecified atom stereocenters. The van der Waals surface area contributed by atoms with Gasteiger partial charge < -0.3 is 24.4 Å². The number of amides is 1. The highest BCUT2D eigenvalue weighted by Gasteiger charge is 2.48. The van der Waals surface area contributed by atoms with Crippen molar-refractivity contribution in [3.63, 3.8) is 0 Å². The summed E-state index contributed by atoms with van der Waals surface area (Å²) in [4.78, 5) is 44.9. The van der Waals surface area contributed by atoms with Gasteiger partial charge in [0, 0.05) is 5.56 Å². The van der Waals surface area contributed by atoms with E-state index in [4.69, 9.17) is 14.2 Å². The van der Waals surface area contributed by atoms with Gasteiger partial charge in [-0.05, 0) is 50.1 Å². The number of Topliss-reactive ketones (excluding diaryl/α,β-unsaturated/α-hetero) is 1. The summed E-state index contributed by atoms with van der Waals surface area (Å²) in [6.07, 6.45) is 0.783. The third kappa shape index (κ3) is 5.30. The van der Waals surface area contributed by atoms with Crippen molar-refractivity contribution in [3.05, 3.63) is 69.7 Å². The number of ether oxygens (including phenoxy) is 3. The lowest BCUT2D eigenvalue weighted by Gasteiger charge is -2.23. The molecule has 2 aromatic carbocycles. The van der Waals surface area contributed by atoms with E-state index in [1.807, 2.05) is 6.92 Å². The number of aromatic nitrogens is 1. The number of methoxy groups -OCH3 is 1. The number of esters is 1. The van der Waals surface area contributed by atoms with Crippen molar-refractivity contribution >= 4 is 39.9 Å². The van der Waals surface area contributed by atoms with Crippen molar-refractivity contribution in [3.8, 4) is 17.2 Å². The Morgan fingerprint density at radius 2 is 1.90 bits per heavy atom.